The Labute approximate surface area is 113 Å². The van der Waals surface area contributed by atoms with Crippen molar-refractivity contribution in [2.24, 2.45) is 15.9 Å². The number of nitrogens with zero attached hydrogens (tertiary/aromatic N) is 2. The Hall–Kier alpha value is -1.50. The first-order chi connectivity index (χ1) is 9.24. The second kappa shape index (κ2) is 6.10. The van der Waals surface area contributed by atoms with E-state index >= 15 is 0 Å². The van der Waals surface area contributed by atoms with Gasteiger partial charge >= 0.3 is 0 Å². The molecule has 0 saturated heterocycles. The number of hydrogen-bond acceptors (Lipinski definition) is 4. The molecule has 0 aliphatic heterocycles. The summed E-state index contributed by atoms with van der Waals surface area (Å²) >= 11 is 0. The van der Waals surface area contributed by atoms with E-state index in [4.69, 9.17) is 0 Å². The van der Waals surface area contributed by atoms with E-state index < -0.39 is 5.54 Å². The van der Waals surface area contributed by atoms with Crippen LogP contribution >= 0.6 is 0 Å². The van der Waals surface area contributed by atoms with Gasteiger partial charge in [-0.1, -0.05) is 25.8 Å². The van der Waals surface area contributed by atoms with E-state index in [1.165, 1.54) is 6.42 Å². The van der Waals surface area contributed by atoms with Crippen LogP contribution in [0, 0.1) is 5.92 Å². The molecule has 0 radical (unpaired) electrons. The highest BCUT2D eigenvalue weighted by molar-refractivity contribution is 5.41. The molecule has 2 rings (SSSR count). The van der Waals surface area contributed by atoms with E-state index in [-0.39, 0.29) is 6.04 Å². The van der Waals surface area contributed by atoms with E-state index in [1.807, 2.05) is 0 Å². The first kappa shape index (κ1) is 13.9. The van der Waals surface area contributed by atoms with Crippen LogP contribution in [0.4, 0.5) is 0 Å². The summed E-state index contributed by atoms with van der Waals surface area (Å²) in [6.07, 6.45) is 11.6. The zero-order valence-corrected chi connectivity index (χ0v) is 11.2. The van der Waals surface area contributed by atoms with E-state index in [2.05, 4.69) is 16.6 Å². The Bertz CT molecular complexity index is 441. The SMILES string of the molecule is C=C1CCCC(N=C=O)(C2CCCCC2)C1N=C=O. The molecule has 2 aliphatic carbocycles. The molecular formula is C15H20N2O2. The Morgan fingerprint density at radius 1 is 1.11 bits per heavy atom. The third-order valence-electron chi connectivity index (χ3n) is 4.68. The second-order valence-electron chi connectivity index (χ2n) is 5.66. The molecule has 0 spiro atoms. The predicted molar refractivity (Wildman–Crippen MR) is 72.3 cm³/mol. The molecule has 0 bridgehead atoms. The summed E-state index contributed by atoms with van der Waals surface area (Å²) in [6.45, 7) is 4.02. The average molecular weight is 260 g/mol. The lowest BCUT2D eigenvalue weighted by Crippen LogP contribution is -2.50. The number of hydrogen-bond donors (Lipinski definition) is 0. The lowest BCUT2D eigenvalue weighted by atomic mass is 9.64. The van der Waals surface area contributed by atoms with E-state index in [1.54, 1.807) is 12.2 Å². The molecule has 0 amide bonds. The summed E-state index contributed by atoms with van der Waals surface area (Å²) in [7, 11) is 0. The summed E-state index contributed by atoms with van der Waals surface area (Å²) in [4.78, 5) is 29.7. The number of carbonyl (C=O) groups excluding carboxylic acids is 2. The van der Waals surface area contributed by atoms with Crippen molar-refractivity contribution in [2.45, 2.75) is 62.9 Å². The maximum Gasteiger partial charge on any atom is 0.235 e. The molecule has 0 aromatic heterocycles. The molecule has 0 N–H and O–H groups in total. The largest absolute Gasteiger partial charge is 0.235 e. The standard InChI is InChI=1S/C15H20N2O2/c1-12-6-5-9-15(17-11-19,14(12)16-10-18)13-7-3-2-4-8-13/h13-14H,1-9H2. The zero-order valence-electron chi connectivity index (χ0n) is 11.2. The second-order valence-corrected chi connectivity index (χ2v) is 5.66. The molecule has 0 aromatic rings. The van der Waals surface area contributed by atoms with Crippen LogP contribution < -0.4 is 0 Å². The number of isocyanates is 2. The van der Waals surface area contributed by atoms with Crippen LogP contribution in [0.1, 0.15) is 51.4 Å². The fourth-order valence-electron chi connectivity index (χ4n) is 3.80. The lowest BCUT2D eigenvalue weighted by Gasteiger charge is -2.45. The third-order valence-corrected chi connectivity index (χ3v) is 4.68. The Kier molecular flexibility index (Phi) is 4.47. The quantitative estimate of drug-likeness (QED) is 0.445. The first-order valence-corrected chi connectivity index (χ1v) is 7.08. The van der Waals surface area contributed by atoms with Gasteiger partial charge in [0.25, 0.3) is 0 Å². The molecule has 4 heteroatoms. The van der Waals surface area contributed by atoms with Crippen molar-refractivity contribution in [1.29, 1.82) is 0 Å². The minimum Gasteiger partial charge on any atom is -0.211 e. The monoisotopic (exact) mass is 260 g/mol. The lowest BCUT2D eigenvalue weighted by molar-refractivity contribution is 0.158. The smallest absolute Gasteiger partial charge is 0.211 e. The summed E-state index contributed by atoms with van der Waals surface area (Å²) in [5.41, 5.74) is 0.314. The fourth-order valence-corrected chi connectivity index (χ4v) is 3.80. The molecule has 2 aliphatic rings. The maximum atomic E-state index is 10.9. The number of aliphatic imine (C=N–C) groups is 2. The fraction of sp³-hybridized carbons (Fsp3) is 0.733. The molecule has 19 heavy (non-hydrogen) atoms. The first-order valence-electron chi connectivity index (χ1n) is 7.08. The molecule has 2 atom stereocenters. The van der Waals surface area contributed by atoms with Gasteiger partial charge in [0, 0.05) is 0 Å². The molecule has 4 nitrogen and oxygen atoms in total. The Morgan fingerprint density at radius 3 is 2.47 bits per heavy atom. The van der Waals surface area contributed by atoms with Gasteiger partial charge < -0.3 is 0 Å². The van der Waals surface area contributed by atoms with Crippen molar-refractivity contribution in [1.82, 2.24) is 0 Å². The summed E-state index contributed by atoms with van der Waals surface area (Å²) < 4.78 is 0. The topological polar surface area (TPSA) is 58.9 Å². The highest BCUT2D eigenvalue weighted by atomic mass is 16.1. The highest BCUT2D eigenvalue weighted by Gasteiger charge is 2.49. The minimum atomic E-state index is -0.588. The molecule has 2 saturated carbocycles. The Balaban J connectivity index is 2.41. The van der Waals surface area contributed by atoms with Crippen LogP contribution in [0.3, 0.4) is 0 Å². The van der Waals surface area contributed by atoms with Crippen molar-refractivity contribution >= 4 is 12.2 Å². The molecule has 2 unspecified atom stereocenters. The van der Waals surface area contributed by atoms with Crippen molar-refractivity contribution in [3.05, 3.63) is 12.2 Å². The third kappa shape index (κ3) is 2.60. The van der Waals surface area contributed by atoms with Gasteiger partial charge in [-0.05, 0) is 43.6 Å². The predicted octanol–water partition coefficient (Wildman–Crippen LogP) is 3.09. The van der Waals surface area contributed by atoms with Crippen LogP contribution in [0.25, 0.3) is 0 Å². The highest BCUT2D eigenvalue weighted by Crippen LogP contribution is 2.46. The zero-order chi connectivity index (χ0) is 13.7. The van der Waals surface area contributed by atoms with Gasteiger partial charge in [-0.3, -0.25) is 0 Å². The average Bonchev–Trinajstić information content (AvgIpc) is 2.44. The van der Waals surface area contributed by atoms with Crippen LogP contribution in [0.2, 0.25) is 0 Å². The summed E-state index contributed by atoms with van der Waals surface area (Å²) in [5.74, 6) is 0.307. The van der Waals surface area contributed by atoms with Crippen molar-refractivity contribution in [3.8, 4) is 0 Å². The van der Waals surface area contributed by atoms with Crippen molar-refractivity contribution < 1.29 is 9.59 Å². The van der Waals surface area contributed by atoms with Crippen LogP contribution in [-0.4, -0.2) is 23.7 Å². The molecule has 2 fully saturated rings. The molecule has 102 valence electrons. The summed E-state index contributed by atoms with van der Waals surface area (Å²) in [6, 6.07) is -0.386. The van der Waals surface area contributed by atoms with Crippen LogP contribution in [0.5, 0.6) is 0 Å². The minimum absolute atomic E-state index is 0.307. The van der Waals surface area contributed by atoms with Gasteiger partial charge in [0.05, 0.1) is 0 Å². The van der Waals surface area contributed by atoms with E-state index in [9.17, 15) is 9.59 Å². The van der Waals surface area contributed by atoms with E-state index in [0.717, 1.165) is 50.5 Å². The van der Waals surface area contributed by atoms with Gasteiger partial charge in [0.15, 0.2) is 0 Å². The van der Waals surface area contributed by atoms with Crippen molar-refractivity contribution in [3.63, 3.8) is 0 Å². The molecular weight excluding hydrogens is 240 g/mol. The normalized spacial score (nSPS) is 32.2. The van der Waals surface area contributed by atoms with Gasteiger partial charge in [-0.15, -0.1) is 0 Å². The molecule has 0 heterocycles. The van der Waals surface area contributed by atoms with Gasteiger partial charge in [0.2, 0.25) is 12.2 Å². The maximum absolute atomic E-state index is 10.9. The Morgan fingerprint density at radius 2 is 1.84 bits per heavy atom. The number of rotatable bonds is 3. The van der Waals surface area contributed by atoms with Gasteiger partial charge in [-0.2, -0.15) is 9.98 Å². The summed E-state index contributed by atoms with van der Waals surface area (Å²) in [5, 5.41) is 0. The van der Waals surface area contributed by atoms with Gasteiger partial charge in [-0.25, -0.2) is 9.59 Å². The van der Waals surface area contributed by atoms with Crippen LogP contribution in [-0.2, 0) is 9.59 Å². The van der Waals surface area contributed by atoms with E-state index in [0.29, 0.717) is 5.92 Å². The molecule has 0 aromatic carbocycles. The van der Waals surface area contributed by atoms with Gasteiger partial charge in [0.1, 0.15) is 11.6 Å². The van der Waals surface area contributed by atoms with Crippen molar-refractivity contribution in [2.75, 3.05) is 0 Å². The van der Waals surface area contributed by atoms with Crippen LogP contribution in [0.15, 0.2) is 22.1 Å².